The van der Waals surface area contributed by atoms with Crippen molar-refractivity contribution in [2.24, 2.45) is 5.73 Å². The van der Waals surface area contributed by atoms with Gasteiger partial charge in [-0.25, -0.2) is 8.42 Å². The van der Waals surface area contributed by atoms with Gasteiger partial charge in [-0.2, -0.15) is 0 Å². The van der Waals surface area contributed by atoms with Crippen molar-refractivity contribution in [2.45, 2.75) is 32.2 Å². The van der Waals surface area contributed by atoms with Crippen LogP contribution in [0.1, 0.15) is 37.9 Å². The molecule has 1 unspecified atom stereocenters. The standard InChI is InChI=1S/C13H21NO2S/c1-13(2,3)11-7-5-10(6-8-11)12(14)9-17(4,15)16/h5-8,12H,9,14H2,1-4H3. The number of rotatable bonds is 3. The van der Waals surface area contributed by atoms with Crippen LogP contribution in [0.4, 0.5) is 0 Å². The maximum Gasteiger partial charge on any atom is 0.149 e. The summed E-state index contributed by atoms with van der Waals surface area (Å²) in [5, 5.41) is 0. The molecule has 0 aliphatic rings. The summed E-state index contributed by atoms with van der Waals surface area (Å²) in [5.74, 6) is -0.0120. The summed E-state index contributed by atoms with van der Waals surface area (Å²) in [5.41, 5.74) is 8.04. The fourth-order valence-electron chi connectivity index (χ4n) is 1.65. The second-order valence-electron chi connectivity index (χ2n) is 5.57. The van der Waals surface area contributed by atoms with Gasteiger partial charge in [-0.05, 0) is 16.5 Å². The molecule has 0 saturated carbocycles. The lowest BCUT2D eigenvalue weighted by Gasteiger charge is -2.20. The zero-order valence-corrected chi connectivity index (χ0v) is 11.7. The zero-order chi connectivity index (χ0) is 13.3. The SMILES string of the molecule is CC(C)(C)c1ccc(C(N)CS(C)(=O)=O)cc1. The summed E-state index contributed by atoms with van der Waals surface area (Å²) in [6.45, 7) is 6.41. The maximum atomic E-state index is 11.2. The van der Waals surface area contributed by atoms with Crippen LogP contribution in [0, 0.1) is 0 Å². The minimum absolute atomic E-state index is 0.0120. The number of benzene rings is 1. The highest BCUT2D eigenvalue weighted by Crippen LogP contribution is 2.23. The molecule has 1 aromatic rings. The molecule has 1 rings (SSSR count). The number of sulfone groups is 1. The Morgan fingerprint density at radius 3 is 2.00 bits per heavy atom. The highest BCUT2D eigenvalue weighted by molar-refractivity contribution is 7.90. The van der Waals surface area contributed by atoms with E-state index in [0.717, 1.165) is 5.56 Å². The third-order valence-electron chi connectivity index (χ3n) is 2.69. The molecule has 96 valence electrons. The molecular weight excluding hydrogens is 234 g/mol. The van der Waals surface area contributed by atoms with E-state index in [2.05, 4.69) is 20.8 Å². The predicted octanol–water partition coefficient (Wildman–Crippen LogP) is 2.03. The van der Waals surface area contributed by atoms with Gasteiger partial charge in [-0.15, -0.1) is 0 Å². The van der Waals surface area contributed by atoms with Gasteiger partial charge in [0.15, 0.2) is 0 Å². The van der Waals surface area contributed by atoms with Crippen LogP contribution in [-0.4, -0.2) is 20.4 Å². The summed E-state index contributed by atoms with van der Waals surface area (Å²) in [4.78, 5) is 0. The smallest absolute Gasteiger partial charge is 0.149 e. The average Bonchev–Trinajstić information content (AvgIpc) is 2.14. The van der Waals surface area contributed by atoms with Crippen LogP contribution >= 0.6 is 0 Å². The first-order valence-electron chi connectivity index (χ1n) is 5.63. The van der Waals surface area contributed by atoms with E-state index in [-0.39, 0.29) is 11.2 Å². The highest BCUT2D eigenvalue weighted by Gasteiger charge is 2.16. The van der Waals surface area contributed by atoms with Gasteiger partial charge in [0.1, 0.15) is 9.84 Å². The van der Waals surface area contributed by atoms with Crippen LogP contribution in [-0.2, 0) is 15.3 Å². The highest BCUT2D eigenvalue weighted by atomic mass is 32.2. The Morgan fingerprint density at radius 2 is 1.65 bits per heavy atom. The first-order valence-corrected chi connectivity index (χ1v) is 7.69. The molecule has 0 spiro atoms. The number of hydrogen-bond acceptors (Lipinski definition) is 3. The zero-order valence-electron chi connectivity index (χ0n) is 10.9. The van der Waals surface area contributed by atoms with Crippen molar-refractivity contribution in [2.75, 3.05) is 12.0 Å². The van der Waals surface area contributed by atoms with E-state index < -0.39 is 15.9 Å². The van der Waals surface area contributed by atoms with Crippen molar-refractivity contribution in [3.63, 3.8) is 0 Å². The first kappa shape index (κ1) is 14.2. The molecule has 0 aromatic heterocycles. The van der Waals surface area contributed by atoms with Crippen LogP contribution < -0.4 is 5.73 Å². The van der Waals surface area contributed by atoms with E-state index in [9.17, 15) is 8.42 Å². The van der Waals surface area contributed by atoms with Gasteiger partial charge in [0, 0.05) is 12.3 Å². The largest absolute Gasteiger partial charge is 0.323 e. The molecule has 0 radical (unpaired) electrons. The number of nitrogens with two attached hydrogens (primary N) is 1. The van der Waals surface area contributed by atoms with Gasteiger partial charge >= 0.3 is 0 Å². The Kier molecular flexibility index (Phi) is 3.99. The quantitative estimate of drug-likeness (QED) is 0.899. The van der Waals surface area contributed by atoms with Gasteiger partial charge in [0.2, 0.25) is 0 Å². The summed E-state index contributed by atoms with van der Waals surface area (Å²) in [6, 6.07) is 7.40. The molecule has 4 heteroatoms. The van der Waals surface area contributed by atoms with E-state index in [1.54, 1.807) is 0 Å². The van der Waals surface area contributed by atoms with Crippen molar-refractivity contribution < 1.29 is 8.42 Å². The van der Waals surface area contributed by atoms with Gasteiger partial charge in [-0.1, -0.05) is 45.0 Å². The normalized spacial score (nSPS) is 14.6. The molecule has 0 bridgehead atoms. The van der Waals surface area contributed by atoms with Crippen LogP contribution in [0.2, 0.25) is 0 Å². The third kappa shape index (κ3) is 4.48. The molecule has 0 amide bonds. The Bertz CT molecular complexity index is 469. The molecule has 1 atom stereocenters. The predicted molar refractivity (Wildman–Crippen MR) is 71.8 cm³/mol. The second-order valence-corrected chi connectivity index (χ2v) is 7.76. The van der Waals surface area contributed by atoms with Crippen molar-refractivity contribution in [1.82, 2.24) is 0 Å². The molecule has 0 aliphatic carbocycles. The van der Waals surface area contributed by atoms with E-state index in [1.165, 1.54) is 11.8 Å². The summed E-state index contributed by atoms with van der Waals surface area (Å²) in [7, 11) is -3.04. The molecule has 0 aliphatic heterocycles. The first-order chi connectivity index (χ1) is 7.59. The second kappa shape index (κ2) is 4.78. The lowest BCUT2D eigenvalue weighted by molar-refractivity contribution is 0.587. The molecule has 1 aromatic carbocycles. The van der Waals surface area contributed by atoms with E-state index in [1.807, 2.05) is 24.3 Å². The van der Waals surface area contributed by atoms with Crippen molar-refractivity contribution >= 4 is 9.84 Å². The molecule has 17 heavy (non-hydrogen) atoms. The number of hydrogen-bond donors (Lipinski definition) is 1. The molecular formula is C13H21NO2S. The molecule has 2 N–H and O–H groups in total. The Hall–Kier alpha value is -0.870. The van der Waals surface area contributed by atoms with E-state index in [4.69, 9.17) is 5.73 Å². The van der Waals surface area contributed by atoms with Crippen LogP contribution in [0.5, 0.6) is 0 Å². The average molecular weight is 255 g/mol. The van der Waals surface area contributed by atoms with Gasteiger partial charge in [-0.3, -0.25) is 0 Å². The van der Waals surface area contributed by atoms with E-state index >= 15 is 0 Å². The third-order valence-corrected chi connectivity index (χ3v) is 3.65. The monoisotopic (exact) mass is 255 g/mol. The molecule has 0 fully saturated rings. The fourth-order valence-corrected chi connectivity index (χ4v) is 2.50. The van der Waals surface area contributed by atoms with Crippen molar-refractivity contribution in [3.8, 4) is 0 Å². The van der Waals surface area contributed by atoms with Crippen LogP contribution in [0.3, 0.4) is 0 Å². The van der Waals surface area contributed by atoms with Crippen LogP contribution in [0.25, 0.3) is 0 Å². The lowest BCUT2D eigenvalue weighted by atomic mass is 9.86. The summed E-state index contributed by atoms with van der Waals surface area (Å²) >= 11 is 0. The topological polar surface area (TPSA) is 60.2 Å². The Labute approximate surface area is 104 Å². The molecule has 0 heterocycles. The van der Waals surface area contributed by atoms with Crippen molar-refractivity contribution in [1.29, 1.82) is 0 Å². The maximum absolute atomic E-state index is 11.2. The van der Waals surface area contributed by atoms with Gasteiger partial charge < -0.3 is 5.73 Å². The van der Waals surface area contributed by atoms with Gasteiger partial charge in [0.05, 0.1) is 5.75 Å². The lowest BCUT2D eigenvalue weighted by Crippen LogP contribution is -2.21. The Morgan fingerprint density at radius 1 is 1.18 bits per heavy atom. The summed E-state index contributed by atoms with van der Waals surface area (Å²) < 4.78 is 22.3. The summed E-state index contributed by atoms with van der Waals surface area (Å²) in [6.07, 6.45) is 1.20. The minimum atomic E-state index is -3.04. The van der Waals surface area contributed by atoms with E-state index in [0.29, 0.717) is 0 Å². The minimum Gasteiger partial charge on any atom is -0.323 e. The fraction of sp³-hybridized carbons (Fsp3) is 0.538. The Balaban J connectivity index is 2.88. The van der Waals surface area contributed by atoms with Crippen LogP contribution in [0.15, 0.2) is 24.3 Å². The van der Waals surface area contributed by atoms with Gasteiger partial charge in [0.25, 0.3) is 0 Å². The molecule has 0 saturated heterocycles. The molecule has 3 nitrogen and oxygen atoms in total. The van der Waals surface area contributed by atoms with Crippen molar-refractivity contribution in [3.05, 3.63) is 35.4 Å².